The van der Waals surface area contributed by atoms with E-state index in [0.29, 0.717) is 5.75 Å². The van der Waals surface area contributed by atoms with Gasteiger partial charge in [-0.3, -0.25) is 9.59 Å². The summed E-state index contributed by atoms with van der Waals surface area (Å²) >= 11 is 0. The second-order valence-electron chi connectivity index (χ2n) is 6.22. The lowest BCUT2D eigenvalue weighted by Gasteiger charge is -2.13. The van der Waals surface area contributed by atoms with Gasteiger partial charge < -0.3 is 19.2 Å². The summed E-state index contributed by atoms with van der Waals surface area (Å²) in [6.07, 6.45) is 1.16. The van der Waals surface area contributed by atoms with Crippen molar-refractivity contribution in [1.82, 2.24) is 5.32 Å². The molecule has 144 valence electrons. The quantitative estimate of drug-likeness (QED) is 0.677. The van der Waals surface area contributed by atoms with Gasteiger partial charge in [-0.1, -0.05) is 42.5 Å². The predicted octanol–water partition coefficient (Wildman–Crippen LogP) is 3.72. The first-order chi connectivity index (χ1) is 13.6. The number of amides is 1. The van der Waals surface area contributed by atoms with Crippen LogP contribution < -0.4 is 20.2 Å². The molecule has 1 unspecified atom stereocenters. The van der Waals surface area contributed by atoms with Crippen molar-refractivity contribution < 1.29 is 18.7 Å². The molecular formula is C22H21NO5. The van der Waals surface area contributed by atoms with Crippen LogP contribution in [-0.4, -0.2) is 13.0 Å². The van der Waals surface area contributed by atoms with Crippen LogP contribution in [0.5, 0.6) is 11.5 Å². The highest BCUT2D eigenvalue weighted by molar-refractivity contribution is 5.91. The Bertz CT molecular complexity index is 997. The van der Waals surface area contributed by atoms with Gasteiger partial charge in [-0.25, -0.2) is 0 Å². The van der Waals surface area contributed by atoms with Crippen molar-refractivity contribution in [3.05, 3.63) is 94.0 Å². The molecule has 28 heavy (non-hydrogen) atoms. The molecule has 0 aliphatic heterocycles. The highest BCUT2D eigenvalue weighted by Gasteiger charge is 2.15. The number of hydrogen-bond donors (Lipinski definition) is 1. The Morgan fingerprint density at radius 1 is 1.11 bits per heavy atom. The van der Waals surface area contributed by atoms with E-state index in [1.165, 1.54) is 0 Å². The van der Waals surface area contributed by atoms with E-state index in [4.69, 9.17) is 13.9 Å². The minimum atomic E-state index is -0.465. The van der Waals surface area contributed by atoms with E-state index in [-0.39, 0.29) is 24.2 Å². The first-order valence-electron chi connectivity index (χ1n) is 8.81. The zero-order chi connectivity index (χ0) is 19.9. The summed E-state index contributed by atoms with van der Waals surface area (Å²) in [5.74, 6) is 0.206. The Labute approximate surface area is 162 Å². The minimum Gasteiger partial charge on any atom is -0.497 e. The Hall–Kier alpha value is -3.54. The van der Waals surface area contributed by atoms with Gasteiger partial charge in [0.15, 0.2) is 5.76 Å². The Balaban J connectivity index is 1.64. The summed E-state index contributed by atoms with van der Waals surface area (Å²) in [6.45, 7) is 2.04. The fourth-order valence-electron chi connectivity index (χ4n) is 2.64. The van der Waals surface area contributed by atoms with Crippen molar-refractivity contribution in [3.8, 4) is 11.5 Å². The molecule has 1 heterocycles. The SMILES string of the molecule is COc1cccc(COc2coc(C(=O)NC(C)c3ccccc3)cc2=O)c1. The third-order valence-corrected chi connectivity index (χ3v) is 4.20. The maximum absolute atomic E-state index is 12.3. The van der Waals surface area contributed by atoms with Crippen molar-refractivity contribution in [2.24, 2.45) is 0 Å². The number of hydrogen-bond acceptors (Lipinski definition) is 5. The molecule has 0 radical (unpaired) electrons. The number of carbonyl (C=O) groups excluding carboxylic acids is 1. The molecule has 0 saturated heterocycles. The van der Waals surface area contributed by atoms with Crippen molar-refractivity contribution in [2.45, 2.75) is 19.6 Å². The van der Waals surface area contributed by atoms with Crippen LogP contribution in [0.1, 0.15) is 34.6 Å². The summed E-state index contributed by atoms with van der Waals surface area (Å²) in [6, 6.07) is 17.8. The van der Waals surface area contributed by atoms with Gasteiger partial charge in [0, 0.05) is 6.07 Å². The van der Waals surface area contributed by atoms with Crippen LogP contribution in [-0.2, 0) is 6.61 Å². The molecule has 0 fully saturated rings. The van der Waals surface area contributed by atoms with Crippen LogP contribution in [0.25, 0.3) is 0 Å². The Morgan fingerprint density at radius 2 is 1.89 bits per heavy atom. The van der Waals surface area contributed by atoms with Gasteiger partial charge in [0.2, 0.25) is 11.2 Å². The molecule has 0 spiro atoms. The average molecular weight is 379 g/mol. The first kappa shape index (κ1) is 19.2. The molecule has 1 N–H and O–H groups in total. The van der Waals surface area contributed by atoms with Gasteiger partial charge >= 0.3 is 0 Å². The highest BCUT2D eigenvalue weighted by atomic mass is 16.5. The predicted molar refractivity (Wildman–Crippen MR) is 105 cm³/mol. The molecule has 2 aromatic carbocycles. The van der Waals surface area contributed by atoms with E-state index in [9.17, 15) is 9.59 Å². The third-order valence-electron chi connectivity index (χ3n) is 4.20. The monoisotopic (exact) mass is 379 g/mol. The average Bonchev–Trinajstić information content (AvgIpc) is 2.73. The lowest BCUT2D eigenvalue weighted by Crippen LogP contribution is -2.27. The smallest absolute Gasteiger partial charge is 0.287 e. The first-order valence-corrected chi connectivity index (χ1v) is 8.81. The normalized spacial score (nSPS) is 11.5. The summed E-state index contributed by atoms with van der Waals surface area (Å²) in [5, 5.41) is 2.80. The fraction of sp³-hybridized carbons (Fsp3) is 0.182. The van der Waals surface area contributed by atoms with E-state index in [2.05, 4.69) is 5.32 Å². The molecule has 1 atom stereocenters. The highest BCUT2D eigenvalue weighted by Crippen LogP contribution is 2.16. The van der Waals surface area contributed by atoms with Crippen LogP contribution in [0.15, 0.2) is 76.1 Å². The van der Waals surface area contributed by atoms with Crippen LogP contribution in [0.4, 0.5) is 0 Å². The largest absolute Gasteiger partial charge is 0.497 e. The van der Waals surface area contributed by atoms with Gasteiger partial charge in [0.25, 0.3) is 5.91 Å². The van der Waals surface area contributed by atoms with Crippen LogP contribution in [0.2, 0.25) is 0 Å². The van der Waals surface area contributed by atoms with E-state index < -0.39 is 11.3 Å². The zero-order valence-electron chi connectivity index (χ0n) is 15.7. The van der Waals surface area contributed by atoms with Gasteiger partial charge in [0.1, 0.15) is 18.6 Å². The number of nitrogens with one attached hydrogen (secondary N) is 1. The molecule has 1 amide bonds. The summed E-state index contributed by atoms with van der Waals surface area (Å²) in [5.41, 5.74) is 1.38. The molecule has 0 bridgehead atoms. The van der Waals surface area contributed by atoms with Gasteiger partial charge in [-0.2, -0.15) is 0 Å². The number of carbonyl (C=O) groups is 1. The van der Waals surface area contributed by atoms with Crippen molar-refractivity contribution >= 4 is 5.91 Å². The zero-order valence-corrected chi connectivity index (χ0v) is 15.7. The Kier molecular flexibility index (Phi) is 6.11. The molecule has 6 nitrogen and oxygen atoms in total. The number of ether oxygens (including phenoxy) is 2. The number of rotatable bonds is 7. The van der Waals surface area contributed by atoms with Crippen LogP contribution in [0.3, 0.4) is 0 Å². The molecule has 1 aromatic heterocycles. The van der Waals surface area contributed by atoms with Gasteiger partial charge in [-0.05, 0) is 30.2 Å². The van der Waals surface area contributed by atoms with Crippen LogP contribution >= 0.6 is 0 Å². The second kappa shape index (κ2) is 8.90. The van der Waals surface area contributed by atoms with Gasteiger partial charge in [0.05, 0.1) is 13.2 Å². The van der Waals surface area contributed by atoms with E-state index in [0.717, 1.165) is 23.5 Å². The fourth-order valence-corrected chi connectivity index (χ4v) is 2.64. The standard InChI is InChI=1S/C22H21NO5/c1-15(17-8-4-3-5-9-17)23-22(25)20-12-19(24)21(14-28-20)27-13-16-7-6-10-18(11-16)26-2/h3-12,14-15H,13H2,1-2H3,(H,23,25). The lowest BCUT2D eigenvalue weighted by molar-refractivity contribution is 0.0908. The van der Waals surface area contributed by atoms with Crippen molar-refractivity contribution in [2.75, 3.05) is 7.11 Å². The minimum absolute atomic E-state index is 0.0375. The van der Waals surface area contributed by atoms with Gasteiger partial charge in [-0.15, -0.1) is 0 Å². The van der Waals surface area contributed by atoms with Crippen LogP contribution in [0, 0.1) is 0 Å². The molecule has 3 rings (SSSR count). The topological polar surface area (TPSA) is 77.8 Å². The van der Waals surface area contributed by atoms with Crippen molar-refractivity contribution in [3.63, 3.8) is 0 Å². The summed E-state index contributed by atoms with van der Waals surface area (Å²) in [4.78, 5) is 24.6. The van der Waals surface area contributed by atoms with E-state index >= 15 is 0 Å². The summed E-state index contributed by atoms with van der Waals surface area (Å²) < 4.78 is 16.0. The van der Waals surface area contributed by atoms with Crippen molar-refractivity contribution in [1.29, 1.82) is 0 Å². The molecule has 0 saturated carbocycles. The number of methoxy groups -OCH3 is 1. The second-order valence-corrected chi connectivity index (χ2v) is 6.22. The third kappa shape index (κ3) is 4.79. The lowest BCUT2D eigenvalue weighted by atomic mass is 10.1. The molecule has 3 aromatic rings. The summed E-state index contributed by atoms with van der Waals surface area (Å²) in [7, 11) is 1.58. The van der Waals surface area contributed by atoms with E-state index in [1.54, 1.807) is 7.11 Å². The molecular weight excluding hydrogens is 358 g/mol. The molecule has 0 aliphatic carbocycles. The maximum Gasteiger partial charge on any atom is 0.287 e. The maximum atomic E-state index is 12.3. The Morgan fingerprint density at radius 3 is 2.61 bits per heavy atom. The molecule has 0 aliphatic rings. The van der Waals surface area contributed by atoms with E-state index in [1.807, 2.05) is 61.5 Å². The number of benzene rings is 2. The molecule has 6 heteroatoms.